The Morgan fingerprint density at radius 3 is 2.71 bits per heavy atom. The van der Waals surface area contributed by atoms with Gasteiger partial charge in [0.1, 0.15) is 11.8 Å². The van der Waals surface area contributed by atoms with Crippen molar-refractivity contribution >= 4 is 29.2 Å². The topological polar surface area (TPSA) is 109 Å². The van der Waals surface area contributed by atoms with Crippen molar-refractivity contribution in [3.05, 3.63) is 53.6 Å². The standard InChI is InChI=1S/C23H23N3O5/c1-14-8-9-20(30-3)19(10-14)26-13-17(11-21(26)27)23(29)31-15(2)22(28)25-18-7-5-4-6-16(18)12-24/h4-10,15,17H,11,13H2,1-3H3,(H,25,28)/t15-,17+/m1/s1. The van der Waals surface area contributed by atoms with E-state index in [1.165, 1.54) is 18.9 Å². The lowest BCUT2D eigenvalue weighted by Gasteiger charge is -2.20. The van der Waals surface area contributed by atoms with Gasteiger partial charge in [0.15, 0.2) is 6.10 Å². The second-order valence-electron chi connectivity index (χ2n) is 7.31. The van der Waals surface area contributed by atoms with E-state index in [9.17, 15) is 14.4 Å². The summed E-state index contributed by atoms with van der Waals surface area (Å²) in [5, 5.41) is 11.7. The summed E-state index contributed by atoms with van der Waals surface area (Å²) in [6.45, 7) is 3.49. The molecule has 1 saturated heterocycles. The van der Waals surface area contributed by atoms with E-state index in [0.29, 0.717) is 22.7 Å². The molecule has 1 aliphatic rings. The van der Waals surface area contributed by atoms with Crippen LogP contribution in [0.3, 0.4) is 0 Å². The quantitative estimate of drug-likeness (QED) is 0.719. The zero-order valence-electron chi connectivity index (χ0n) is 17.5. The number of nitrogens with zero attached hydrogens (tertiary/aromatic N) is 2. The molecule has 0 saturated carbocycles. The van der Waals surface area contributed by atoms with Crippen LogP contribution in [0.15, 0.2) is 42.5 Å². The summed E-state index contributed by atoms with van der Waals surface area (Å²) in [6, 6.07) is 14.0. The molecule has 1 aliphatic heterocycles. The van der Waals surface area contributed by atoms with E-state index >= 15 is 0 Å². The van der Waals surface area contributed by atoms with Crippen LogP contribution in [0, 0.1) is 24.2 Å². The molecule has 160 valence electrons. The molecule has 8 heteroatoms. The maximum atomic E-state index is 12.6. The second kappa shape index (κ2) is 9.30. The molecule has 0 aliphatic carbocycles. The van der Waals surface area contributed by atoms with Crippen molar-refractivity contribution in [3.8, 4) is 11.8 Å². The van der Waals surface area contributed by atoms with Gasteiger partial charge in [-0.05, 0) is 43.7 Å². The van der Waals surface area contributed by atoms with E-state index in [1.54, 1.807) is 30.3 Å². The highest BCUT2D eigenvalue weighted by Crippen LogP contribution is 2.34. The molecule has 0 bridgehead atoms. The van der Waals surface area contributed by atoms with E-state index in [4.69, 9.17) is 14.7 Å². The highest BCUT2D eigenvalue weighted by atomic mass is 16.5. The van der Waals surface area contributed by atoms with E-state index < -0.39 is 23.9 Å². The predicted octanol–water partition coefficient (Wildman–Crippen LogP) is 2.80. The van der Waals surface area contributed by atoms with Crippen LogP contribution in [-0.2, 0) is 19.1 Å². The highest BCUT2D eigenvalue weighted by molar-refractivity contribution is 6.01. The van der Waals surface area contributed by atoms with Gasteiger partial charge in [-0.3, -0.25) is 14.4 Å². The van der Waals surface area contributed by atoms with Crippen molar-refractivity contribution in [2.24, 2.45) is 5.92 Å². The number of rotatable bonds is 6. The number of carbonyl (C=O) groups is 3. The monoisotopic (exact) mass is 421 g/mol. The molecule has 0 aromatic heterocycles. The van der Waals surface area contributed by atoms with Crippen molar-refractivity contribution in [2.45, 2.75) is 26.4 Å². The third-order valence-corrected chi connectivity index (χ3v) is 5.05. The molecule has 0 spiro atoms. The summed E-state index contributed by atoms with van der Waals surface area (Å²) in [5.41, 5.74) is 2.20. The molecule has 8 nitrogen and oxygen atoms in total. The number of aryl methyl sites for hydroxylation is 1. The summed E-state index contributed by atoms with van der Waals surface area (Å²) >= 11 is 0. The fourth-order valence-electron chi connectivity index (χ4n) is 3.36. The molecule has 2 amide bonds. The Hall–Kier alpha value is -3.86. The van der Waals surface area contributed by atoms with Crippen LogP contribution in [0.4, 0.5) is 11.4 Å². The second-order valence-corrected chi connectivity index (χ2v) is 7.31. The number of hydrogen-bond acceptors (Lipinski definition) is 6. The smallest absolute Gasteiger partial charge is 0.312 e. The summed E-state index contributed by atoms with van der Waals surface area (Å²) in [7, 11) is 1.52. The number of carbonyl (C=O) groups excluding carboxylic acids is 3. The minimum absolute atomic E-state index is 0.0124. The first kappa shape index (κ1) is 21.8. The summed E-state index contributed by atoms with van der Waals surface area (Å²) in [6.07, 6.45) is -1.10. The largest absolute Gasteiger partial charge is 0.495 e. The molecule has 1 heterocycles. The Morgan fingerprint density at radius 1 is 1.26 bits per heavy atom. The number of amides is 2. The summed E-state index contributed by atoms with van der Waals surface area (Å²) in [4.78, 5) is 39.1. The maximum Gasteiger partial charge on any atom is 0.312 e. The fraction of sp³-hybridized carbons (Fsp3) is 0.304. The molecular formula is C23H23N3O5. The molecule has 3 rings (SSSR count). The number of nitrogens with one attached hydrogen (secondary N) is 1. The Labute approximate surface area is 180 Å². The lowest BCUT2D eigenvalue weighted by molar-refractivity contribution is -0.157. The number of esters is 1. The number of methoxy groups -OCH3 is 1. The van der Waals surface area contributed by atoms with Gasteiger partial charge in [0.2, 0.25) is 5.91 Å². The van der Waals surface area contributed by atoms with Crippen LogP contribution in [0.2, 0.25) is 0 Å². The molecule has 1 N–H and O–H groups in total. The van der Waals surface area contributed by atoms with Gasteiger partial charge in [0, 0.05) is 13.0 Å². The normalized spacial score (nSPS) is 16.4. The van der Waals surface area contributed by atoms with Crippen LogP contribution in [0.5, 0.6) is 5.75 Å². The molecule has 2 aromatic carbocycles. The van der Waals surface area contributed by atoms with Crippen LogP contribution in [-0.4, -0.2) is 37.5 Å². The van der Waals surface area contributed by atoms with Gasteiger partial charge in [-0.15, -0.1) is 0 Å². The van der Waals surface area contributed by atoms with Crippen molar-refractivity contribution in [1.82, 2.24) is 0 Å². The third-order valence-electron chi connectivity index (χ3n) is 5.05. The number of anilines is 2. The third kappa shape index (κ3) is 4.83. The zero-order chi connectivity index (χ0) is 22.5. The summed E-state index contributed by atoms with van der Waals surface area (Å²) < 4.78 is 10.7. The van der Waals surface area contributed by atoms with E-state index in [1.807, 2.05) is 25.1 Å². The van der Waals surface area contributed by atoms with Gasteiger partial charge >= 0.3 is 5.97 Å². The SMILES string of the molecule is COc1ccc(C)cc1N1C[C@@H](C(=O)O[C@H](C)C(=O)Nc2ccccc2C#N)CC1=O. The van der Waals surface area contributed by atoms with Crippen LogP contribution >= 0.6 is 0 Å². The Balaban J connectivity index is 1.65. The highest BCUT2D eigenvalue weighted by Gasteiger charge is 2.38. The first-order valence-electron chi connectivity index (χ1n) is 9.79. The predicted molar refractivity (Wildman–Crippen MR) is 114 cm³/mol. The lowest BCUT2D eigenvalue weighted by atomic mass is 10.1. The molecule has 0 unspecified atom stereocenters. The van der Waals surface area contributed by atoms with Crippen molar-refractivity contribution in [3.63, 3.8) is 0 Å². The van der Waals surface area contributed by atoms with Gasteiger partial charge in [-0.25, -0.2) is 0 Å². The Kier molecular flexibility index (Phi) is 6.55. The molecule has 31 heavy (non-hydrogen) atoms. The van der Waals surface area contributed by atoms with Gasteiger partial charge in [0.25, 0.3) is 5.91 Å². The minimum Gasteiger partial charge on any atom is -0.495 e. The van der Waals surface area contributed by atoms with Gasteiger partial charge < -0.3 is 19.7 Å². The van der Waals surface area contributed by atoms with E-state index in [-0.39, 0.29) is 18.9 Å². The average Bonchev–Trinajstić information content (AvgIpc) is 3.15. The van der Waals surface area contributed by atoms with Crippen molar-refractivity contribution < 1.29 is 23.9 Å². The molecule has 2 atom stereocenters. The van der Waals surface area contributed by atoms with Crippen molar-refractivity contribution in [2.75, 3.05) is 23.9 Å². The van der Waals surface area contributed by atoms with Gasteiger partial charge in [0.05, 0.1) is 30.0 Å². The minimum atomic E-state index is -1.09. The first-order chi connectivity index (χ1) is 14.8. The van der Waals surface area contributed by atoms with Gasteiger partial charge in [-0.1, -0.05) is 18.2 Å². The summed E-state index contributed by atoms with van der Waals surface area (Å²) in [5.74, 6) is -1.56. The number of nitriles is 1. The zero-order valence-corrected chi connectivity index (χ0v) is 17.5. The Morgan fingerprint density at radius 2 is 2.00 bits per heavy atom. The fourth-order valence-corrected chi connectivity index (χ4v) is 3.36. The van der Waals surface area contributed by atoms with Gasteiger partial charge in [-0.2, -0.15) is 5.26 Å². The van der Waals surface area contributed by atoms with Crippen molar-refractivity contribution in [1.29, 1.82) is 5.26 Å². The Bertz CT molecular complexity index is 1060. The molecular weight excluding hydrogens is 398 g/mol. The number of hydrogen-bond donors (Lipinski definition) is 1. The van der Waals surface area contributed by atoms with E-state index in [2.05, 4.69) is 5.32 Å². The number of para-hydroxylation sites is 1. The maximum absolute atomic E-state index is 12.6. The van der Waals surface area contributed by atoms with Crippen LogP contribution in [0.25, 0.3) is 0 Å². The number of benzene rings is 2. The average molecular weight is 421 g/mol. The van der Waals surface area contributed by atoms with E-state index in [0.717, 1.165) is 5.56 Å². The molecule has 2 aromatic rings. The van der Waals surface area contributed by atoms with Crippen LogP contribution in [0.1, 0.15) is 24.5 Å². The lowest BCUT2D eigenvalue weighted by Crippen LogP contribution is -2.33. The molecule has 1 fully saturated rings. The molecule has 0 radical (unpaired) electrons. The van der Waals surface area contributed by atoms with Crippen LogP contribution < -0.4 is 15.0 Å². The first-order valence-corrected chi connectivity index (χ1v) is 9.79. The number of ether oxygens (including phenoxy) is 2.